The lowest BCUT2D eigenvalue weighted by Gasteiger charge is -2.08. The second-order valence-corrected chi connectivity index (χ2v) is 7.28. The first-order chi connectivity index (χ1) is 14.1. The van der Waals surface area contributed by atoms with Crippen LogP contribution < -0.4 is 23.7 Å². The lowest BCUT2D eigenvalue weighted by molar-refractivity contribution is -0.117. The minimum Gasteiger partial charge on any atom is -0.495 e. The molecule has 29 heavy (non-hydrogen) atoms. The maximum Gasteiger partial charge on any atom is 0.252 e. The first-order valence-electron chi connectivity index (χ1n) is 8.96. The second kappa shape index (κ2) is 8.00. The Morgan fingerprint density at radius 2 is 1.97 bits per heavy atom. The number of thiazole rings is 1. The van der Waals surface area contributed by atoms with E-state index in [1.165, 1.54) is 11.3 Å². The molecule has 150 valence electrons. The number of nitrogens with zero attached hydrogens (tertiary/aromatic N) is 2. The van der Waals surface area contributed by atoms with Crippen molar-refractivity contribution >= 4 is 27.5 Å². The predicted molar refractivity (Wildman–Crippen MR) is 110 cm³/mol. The average molecular weight is 412 g/mol. The van der Waals surface area contributed by atoms with Crippen LogP contribution in [0.3, 0.4) is 0 Å². The van der Waals surface area contributed by atoms with Crippen LogP contribution in [0.1, 0.15) is 5.56 Å². The Labute approximate surface area is 171 Å². The minimum absolute atomic E-state index is 0.160. The van der Waals surface area contributed by atoms with E-state index in [2.05, 4.69) is 11.6 Å². The Hall–Kier alpha value is -3.26. The molecule has 0 atom stereocenters. The normalized spacial score (nSPS) is 13.0. The van der Waals surface area contributed by atoms with Gasteiger partial charge in [0.25, 0.3) is 5.91 Å². The molecule has 0 saturated heterocycles. The molecule has 0 radical (unpaired) electrons. The summed E-state index contributed by atoms with van der Waals surface area (Å²) in [5.41, 5.74) is 1.64. The van der Waals surface area contributed by atoms with E-state index in [1.807, 2.05) is 28.8 Å². The standard InChI is InChI=1S/C21H20N2O5S/c1-4-9-23-19-15(25-2)7-8-16(26-3)20(19)29-21(23)22-18(24)11-13-5-6-14-17(10-13)28-12-27-14/h4-8,10H,1,9,11-12H2,2-3H3. The third-order valence-electron chi connectivity index (χ3n) is 4.52. The van der Waals surface area contributed by atoms with Gasteiger partial charge in [0.05, 0.1) is 20.6 Å². The number of carbonyl (C=O) groups excluding carboxylic acids is 1. The molecule has 7 nitrogen and oxygen atoms in total. The molecule has 2 aromatic carbocycles. The Morgan fingerprint density at radius 3 is 2.72 bits per heavy atom. The number of aromatic nitrogens is 1. The molecule has 0 spiro atoms. The van der Waals surface area contributed by atoms with Crippen LogP contribution in [0.2, 0.25) is 0 Å². The van der Waals surface area contributed by atoms with Crippen LogP contribution in [0.4, 0.5) is 0 Å². The van der Waals surface area contributed by atoms with Crippen LogP contribution in [-0.2, 0) is 17.8 Å². The van der Waals surface area contributed by atoms with E-state index in [-0.39, 0.29) is 19.1 Å². The van der Waals surface area contributed by atoms with Crippen LogP contribution in [0.25, 0.3) is 10.2 Å². The quantitative estimate of drug-likeness (QED) is 0.581. The van der Waals surface area contributed by atoms with E-state index in [1.54, 1.807) is 26.4 Å². The summed E-state index contributed by atoms with van der Waals surface area (Å²) in [5, 5.41) is 0. The molecule has 3 aromatic rings. The maximum atomic E-state index is 12.7. The molecule has 4 rings (SSSR count). The number of amides is 1. The fraction of sp³-hybridized carbons (Fsp3) is 0.238. The number of allylic oxidation sites excluding steroid dienone is 1. The van der Waals surface area contributed by atoms with Crippen LogP contribution in [0.5, 0.6) is 23.0 Å². The first kappa shape index (κ1) is 19.1. The largest absolute Gasteiger partial charge is 0.495 e. The van der Waals surface area contributed by atoms with Gasteiger partial charge in [-0.2, -0.15) is 4.99 Å². The number of ether oxygens (including phenoxy) is 4. The SMILES string of the molecule is C=CCn1c(=NC(=O)Cc2ccc3c(c2)OCO3)sc2c(OC)ccc(OC)c21. The Bertz CT molecular complexity index is 1160. The second-order valence-electron chi connectivity index (χ2n) is 6.30. The third-order valence-corrected chi connectivity index (χ3v) is 5.61. The lowest BCUT2D eigenvalue weighted by Crippen LogP contribution is -2.17. The van der Waals surface area contributed by atoms with E-state index >= 15 is 0 Å². The van der Waals surface area contributed by atoms with Gasteiger partial charge in [0.1, 0.15) is 21.7 Å². The van der Waals surface area contributed by atoms with Crippen molar-refractivity contribution < 1.29 is 23.7 Å². The monoisotopic (exact) mass is 412 g/mol. The summed E-state index contributed by atoms with van der Waals surface area (Å²) in [6.07, 6.45) is 1.92. The molecule has 0 aliphatic carbocycles. The van der Waals surface area contributed by atoms with Crippen LogP contribution in [0, 0.1) is 0 Å². The molecule has 1 aliphatic rings. The minimum atomic E-state index is -0.258. The fourth-order valence-corrected chi connectivity index (χ4v) is 4.38. The summed E-state index contributed by atoms with van der Waals surface area (Å²) < 4.78 is 24.5. The summed E-state index contributed by atoms with van der Waals surface area (Å²) >= 11 is 1.38. The van der Waals surface area contributed by atoms with Crippen molar-refractivity contribution in [1.82, 2.24) is 4.57 Å². The molecule has 0 bridgehead atoms. The molecular formula is C21H20N2O5S. The molecule has 0 unspecified atom stereocenters. The molecule has 0 fully saturated rings. The summed E-state index contributed by atoms with van der Waals surface area (Å²) in [5.74, 6) is 2.46. The van der Waals surface area contributed by atoms with E-state index < -0.39 is 0 Å². The molecule has 8 heteroatoms. The van der Waals surface area contributed by atoms with Gasteiger partial charge in [-0.1, -0.05) is 23.5 Å². The van der Waals surface area contributed by atoms with Crippen molar-refractivity contribution in [2.45, 2.75) is 13.0 Å². The smallest absolute Gasteiger partial charge is 0.252 e. The molecular weight excluding hydrogens is 392 g/mol. The summed E-state index contributed by atoms with van der Waals surface area (Å²) in [6, 6.07) is 9.14. The number of rotatable bonds is 6. The number of methoxy groups -OCH3 is 2. The zero-order valence-corrected chi connectivity index (χ0v) is 17.0. The van der Waals surface area contributed by atoms with Gasteiger partial charge in [0.2, 0.25) is 6.79 Å². The van der Waals surface area contributed by atoms with Gasteiger partial charge in [-0.05, 0) is 29.8 Å². The number of fused-ring (bicyclic) bond motifs is 2. The van der Waals surface area contributed by atoms with Crippen LogP contribution in [0.15, 0.2) is 48.0 Å². The van der Waals surface area contributed by atoms with Crippen molar-refractivity contribution in [3.63, 3.8) is 0 Å². The van der Waals surface area contributed by atoms with Crippen molar-refractivity contribution in [3.8, 4) is 23.0 Å². The third kappa shape index (κ3) is 3.58. The number of hydrogen-bond acceptors (Lipinski definition) is 6. The number of hydrogen-bond donors (Lipinski definition) is 0. The molecule has 1 aromatic heterocycles. The van der Waals surface area contributed by atoms with Crippen molar-refractivity contribution in [2.75, 3.05) is 21.0 Å². The Morgan fingerprint density at radius 1 is 1.21 bits per heavy atom. The van der Waals surface area contributed by atoms with E-state index in [4.69, 9.17) is 18.9 Å². The molecule has 1 amide bonds. The van der Waals surface area contributed by atoms with Gasteiger partial charge in [0.15, 0.2) is 16.3 Å². The van der Waals surface area contributed by atoms with Crippen molar-refractivity contribution in [2.24, 2.45) is 4.99 Å². The highest BCUT2D eigenvalue weighted by atomic mass is 32.1. The first-order valence-corrected chi connectivity index (χ1v) is 9.77. The van der Waals surface area contributed by atoms with Gasteiger partial charge in [-0.25, -0.2) is 0 Å². The maximum absolute atomic E-state index is 12.7. The molecule has 0 saturated carbocycles. The highest BCUT2D eigenvalue weighted by molar-refractivity contribution is 7.16. The Kier molecular flexibility index (Phi) is 5.26. The number of benzene rings is 2. The lowest BCUT2D eigenvalue weighted by atomic mass is 10.1. The highest BCUT2D eigenvalue weighted by Crippen LogP contribution is 2.35. The molecule has 1 aliphatic heterocycles. The van der Waals surface area contributed by atoms with E-state index in [9.17, 15) is 4.79 Å². The fourth-order valence-electron chi connectivity index (χ4n) is 3.21. The Balaban J connectivity index is 1.75. The van der Waals surface area contributed by atoms with Crippen molar-refractivity contribution in [3.05, 3.63) is 53.4 Å². The van der Waals surface area contributed by atoms with Gasteiger partial charge < -0.3 is 23.5 Å². The predicted octanol–water partition coefficient (Wildman–Crippen LogP) is 3.30. The van der Waals surface area contributed by atoms with Gasteiger partial charge in [-0.15, -0.1) is 6.58 Å². The summed E-state index contributed by atoms with van der Waals surface area (Å²) in [4.78, 5) is 17.6. The zero-order valence-electron chi connectivity index (χ0n) is 16.1. The summed E-state index contributed by atoms with van der Waals surface area (Å²) in [6.45, 7) is 4.51. The van der Waals surface area contributed by atoms with E-state index in [0.717, 1.165) is 15.8 Å². The van der Waals surface area contributed by atoms with Gasteiger partial charge in [-0.3, -0.25) is 4.79 Å². The van der Waals surface area contributed by atoms with Gasteiger partial charge >= 0.3 is 0 Å². The van der Waals surface area contributed by atoms with E-state index in [0.29, 0.717) is 34.3 Å². The topological polar surface area (TPSA) is 71.3 Å². The average Bonchev–Trinajstić information content (AvgIpc) is 3.32. The molecule has 2 heterocycles. The van der Waals surface area contributed by atoms with Crippen molar-refractivity contribution in [1.29, 1.82) is 0 Å². The van der Waals surface area contributed by atoms with Crippen LogP contribution >= 0.6 is 11.3 Å². The highest BCUT2D eigenvalue weighted by Gasteiger charge is 2.17. The molecule has 0 N–H and O–H groups in total. The van der Waals surface area contributed by atoms with Gasteiger partial charge in [0, 0.05) is 6.54 Å². The number of carbonyl (C=O) groups is 1. The summed E-state index contributed by atoms with van der Waals surface area (Å²) in [7, 11) is 3.22. The zero-order chi connectivity index (χ0) is 20.4. The van der Waals surface area contributed by atoms with Crippen LogP contribution in [-0.4, -0.2) is 31.5 Å².